The van der Waals surface area contributed by atoms with Crippen LogP contribution in [0.2, 0.25) is 0 Å². The first kappa shape index (κ1) is 19.7. The molecule has 0 aliphatic carbocycles. The molecule has 2 amide bonds. The van der Waals surface area contributed by atoms with Crippen molar-refractivity contribution in [2.75, 3.05) is 0 Å². The Kier molecular flexibility index (Phi) is 5.13. The van der Waals surface area contributed by atoms with Gasteiger partial charge in [0.2, 0.25) is 0 Å². The largest absolute Gasteiger partial charge is 0.326 e. The number of thiophene rings is 1. The highest BCUT2D eigenvalue weighted by Gasteiger charge is 2.30. The van der Waals surface area contributed by atoms with E-state index in [1.54, 1.807) is 22.7 Å². The highest BCUT2D eigenvalue weighted by atomic mass is 32.1. The lowest BCUT2D eigenvalue weighted by Crippen LogP contribution is -2.42. The minimum absolute atomic E-state index is 0.188. The molecular formula is C24H20N4OS2. The Labute approximate surface area is 188 Å². The van der Waals surface area contributed by atoms with Crippen LogP contribution in [0.1, 0.15) is 28.4 Å². The first-order chi connectivity index (χ1) is 15.1. The Morgan fingerprint density at radius 1 is 1.16 bits per heavy atom. The predicted molar refractivity (Wildman–Crippen MR) is 130 cm³/mol. The molecular weight excluding hydrogens is 424 g/mol. The van der Waals surface area contributed by atoms with E-state index in [1.165, 1.54) is 10.1 Å². The molecule has 7 heteroatoms. The van der Waals surface area contributed by atoms with E-state index in [2.05, 4.69) is 70.2 Å². The number of hydrogen-bond donors (Lipinski definition) is 2. The monoisotopic (exact) mass is 444 g/mol. The van der Waals surface area contributed by atoms with Gasteiger partial charge in [0, 0.05) is 31.8 Å². The lowest BCUT2D eigenvalue weighted by molar-refractivity contribution is 0.240. The Balaban J connectivity index is 1.53. The zero-order valence-electron chi connectivity index (χ0n) is 16.9. The van der Waals surface area contributed by atoms with Gasteiger partial charge in [0.1, 0.15) is 5.01 Å². The Hall–Kier alpha value is -3.29. The summed E-state index contributed by atoms with van der Waals surface area (Å²) in [6.07, 6.45) is 0. The van der Waals surface area contributed by atoms with E-state index in [-0.39, 0.29) is 12.1 Å². The number of benzene rings is 2. The number of rotatable bonds is 5. The summed E-state index contributed by atoms with van der Waals surface area (Å²) in [5.74, 6) is 0. The fraction of sp³-hybridized carbons (Fsp3) is 0.125. The Morgan fingerprint density at radius 2 is 1.97 bits per heavy atom. The van der Waals surface area contributed by atoms with Gasteiger partial charge in [0.05, 0.1) is 18.3 Å². The summed E-state index contributed by atoms with van der Waals surface area (Å²) in [6, 6.07) is 18.2. The summed E-state index contributed by atoms with van der Waals surface area (Å²) in [5.41, 5.74) is 4.94. The van der Waals surface area contributed by atoms with Gasteiger partial charge in [0.25, 0.3) is 0 Å². The molecule has 4 aromatic rings. The Morgan fingerprint density at radius 3 is 2.74 bits per heavy atom. The molecule has 1 unspecified atom stereocenters. The van der Waals surface area contributed by atoms with Crippen LogP contribution in [0.3, 0.4) is 0 Å². The van der Waals surface area contributed by atoms with Gasteiger partial charge in [-0.15, -0.1) is 22.7 Å². The van der Waals surface area contributed by atoms with Crippen molar-refractivity contribution in [3.63, 3.8) is 0 Å². The summed E-state index contributed by atoms with van der Waals surface area (Å²) < 4.78 is 1.20. The maximum atomic E-state index is 12.3. The lowest BCUT2D eigenvalue weighted by Gasteiger charge is -2.27. The van der Waals surface area contributed by atoms with Crippen molar-refractivity contribution in [1.29, 1.82) is 0 Å². The van der Waals surface area contributed by atoms with E-state index in [4.69, 9.17) is 4.98 Å². The SMILES string of the molecule is C=NCc1ccc(-c2csc(C3=C(C)NC(=O)NC3c3cc4ccccc4s3)n2)cc1. The molecule has 0 spiro atoms. The van der Waals surface area contributed by atoms with Crippen LogP contribution in [-0.2, 0) is 6.54 Å². The summed E-state index contributed by atoms with van der Waals surface area (Å²) in [5, 5.41) is 10.2. The number of thiazole rings is 1. The smallest absolute Gasteiger partial charge is 0.319 e. The number of aliphatic imine (C=N–C) groups is 1. The van der Waals surface area contributed by atoms with Crippen molar-refractivity contribution in [2.24, 2.45) is 4.99 Å². The molecule has 1 aliphatic heterocycles. The van der Waals surface area contributed by atoms with Gasteiger partial charge in [-0.3, -0.25) is 4.99 Å². The molecule has 31 heavy (non-hydrogen) atoms. The maximum absolute atomic E-state index is 12.3. The first-order valence-corrected chi connectivity index (χ1v) is 11.6. The number of amides is 2. The minimum Gasteiger partial charge on any atom is -0.326 e. The quantitative estimate of drug-likeness (QED) is 0.370. The number of allylic oxidation sites excluding steroid dienone is 1. The van der Waals surface area contributed by atoms with Crippen molar-refractivity contribution in [3.8, 4) is 11.3 Å². The van der Waals surface area contributed by atoms with Crippen LogP contribution in [0.15, 0.2) is 70.7 Å². The second-order valence-electron chi connectivity index (χ2n) is 7.37. The maximum Gasteiger partial charge on any atom is 0.319 e. The fourth-order valence-electron chi connectivity index (χ4n) is 3.78. The van der Waals surface area contributed by atoms with Gasteiger partial charge in [0.15, 0.2) is 0 Å². The molecule has 2 N–H and O–H groups in total. The van der Waals surface area contributed by atoms with E-state index >= 15 is 0 Å². The van der Waals surface area contributed by atoms with Crippen molar-refractivity contribution in [1.82, 2.24) is 15.6 Å². The van der Waals surface area contributed by atoms with Crippen LogP contribution in [0.5, 0.6) is 0 Å². The molecule has 5 rings (SSSR count). The molecule has 154 valence electrons. The Bertz CT molecular complexity index is 1280. The second-order valence-corrected chi connectivity index (χ2v) is 9.35. The number of nitrogens with one attached hydrogen (secondary N) is 2. The van der Waals surface area contributed by atoms with E-state index in [9.17, 15) is 4.79 Å². The third kappa shape index (κ3) is 3.78. The molecule has 2 aromatic heterocycles. The van der Waals surface area contributed by atoms with Gasteiger partial charge in [-0.05, 0) is 36.7 Å². The number of carbonyl (C=O) groups is 1. The van der Waals surface area contributed by atoms with E-state index in [0.717, 1.165) is 38.0 Å². The highest BCUT2D eigenvalue weighted by molar-refractivity contribution is 7.19. The molecule has 0 saturated heterocycles. The molecule has 0 fully saturated rings. The van der Waals surface area contributed by atoms with E-state index in [1.807, 2.05) is 19.1 Å². The van der Waals surface area contributed by atoms with Crippen LogP contribution in [-0.4, -0.2) is 17.7 Å². The fourth-order valence-corrected chi connectivity index (χ4v) is 5.86. The standard InChI is InChI=1S/C24H20N4OS2/c1-14-21(23-27-18(13-30-23)16-9-7-15(8-10-16)12-25-2)22(28-24(29)26-14)20-11-17-5-3-4-6-19(17)31-20/h3-11,13,22H,2,12H2,1H3,(H2,26,28,29). The molecule has 1 atom stereocenters. The van der Waals surface area contributed by atoms with Gasteiger partial charge in [-0.1, -0.05) is 42.5 Å². The molecule has 5 nitrogen and oxygen atoms in total. The first-order valence-electron chi connectivity index (χ1n) is 9.87. The molecule has 3 heterocycles. The number of urea groups is 1. The van der Waals surface area contributed by atoms with Gasteiger partial charge in [-0.25, -0.2) is 9.78 Å². The van der Waals surface area contributed by atoms with Gasteiger partial charge in [-0.2, -0.15) is 0 Å². The van der Waals surface area contributed by atoms with Gasteiger partial charge >= 0.3 is 6.03 Å². The van der Waals surface area contributed by atoms with Crippen LogP contribution in [0.4, 0.5) is 4.79 Å². The summed E-state index contributed by atoms with van der Waals surface area (Å²) >= 11 is 3.29. The molecule has 2 aromatic carbocycles. The van der Waals surface area contributed by atoms with Crippen LogP contribution in [0.25, 0.3) is 26.9 Å². The minimum atomic E-state index is -0.230. The number of aromatic nitrogens is 1. The third-order valence-electron chi connectivity index (χ3n) is 5.28. The molecule has 0 radical (unpaired) electrons. The normalized spacial score (nSPS) is 16.3. The van der Waals surface area contributed by atoms with E-state index < -0.39 is 0 Å². The summed E-state index contributed by atoms with van der Waals surface area (Å²) in [6.45, 7) is 6.09. The summed E-state index contributed by atoms with van der Waals surface area (Å²) in [7, 11) is 0. The molecule has 0 saturated carbocycles. The predicted octanol–water partition coefficient (Wildman–Crippen LogP) is 6.01. The summed E-state index contributed by atoms with van der Waals surface area (Å²) in [4.78, 5) is 22.2. The van der Waals surface area contributed by atoms with Crippen molar-refractivity contribution in [2.45, 2.75) is 19.5 Å². The van der Waals surface area contributed by atoms with E-state index in [0.29, 0.717) is 6.54 Å². The van der Waals surface area contributed by atoms with Crippen molar-refractivity contribution in [3.05, 3.63) is 81.1 Å². The molecule has 1 aliphatic rings. The lowest BCUT2D eigenvalue weighted by atomic mass is 10.0. The average molecular weight is 445 g/mol. The number of fused-ring (bicyclic) bond motifs is 1. The zero-order chi connectivity index (χ0) is 21.4. The average Bonchev–Trinajstić information content (AvgIpc) is 3.41. The highest BCUT2D eigenvalue weighted by Crippen LogP contribution is 2.41. The number of carbonyl (C=O) groups excluding carboxylic acids is 1. The molecule has 0 bridgehead atoms. The van der Waals surface area contributed by atoms with Crippen LogP contribution >= 0.6 is 22.7 Å². The van der Waals surface area contributed by atoms with Crippen LogP contribution in [0, 0.1) is 0 Å². The zero-order valence-corrected chi connectivity index (χ0v) is 18.5. The number of hydrogen-bond acceptors (Lipinski definition) is 5. The topological polar surface area (TPSA) is 66.4 Å². The van der Waals surface area contributed by atoms with Crippen molar-refractivity contribution < 1.29 is 4.79 Å². The second kappa shape index (κ2) is 8.09. The van der Waals surface area contributed by atoms with Crippen LogP contribution < -0.4 is 10.6 Å². The third-order valence-corrected chi connectivity index (χ3v) is 7.33. The van der Waals surface area contributed by atoms with Crippen molar-refractivity contribution >= 4 is 51.1 Å². The number of nitrogens with zero attached hydrogens (tertiary/aromatic N) is 2. The van der Waals surface area contributed by atoms with Gasteiger partial charge < -0.3 is 10.6 Å².